The van der Waals surface area contributed by atoms with Gasteiger partial charge in [0.2, 0.25) is 0 Å². The Morgan fingerprint density at radius 3 is 2.73 bits per heavy atom. The van der Waals surface area contributed by atoms with E-state index in [-0.39, 0.29) is 5.75 Å². The molecule has 3 nitrogen and oxygen atoms in total. The molecule has 0 aliphatic carbocycles. The van der Waals surface area contributed by atoms with Gasteiger partial charge in [0, 0.05) is 21.9 Å². The first-order valence-corrected chi connectivity index (χ1v) is 7.45. The van der Waals surface area contributed by atoms with Crippen LogP contribution in [0.3, 0.4) is 0 Å². The van der Waals surface area contributed by atoms with Crippen LogP contribution >= 0.6 is 0 Å². The Kier molecular flexibility index (Phi) is 3.72. The quantitative estimate of drug-likeness (QED) is 0.539. The van der Waals surface area contributed by atoms with Crippen molar-refractivity contribution in [1.29, 1.82) is 0 Å². The molecule has 0 amide bonds. The van der Waals surface area contributed by atoms with Gasteiger partial charge in [-0.2, -0.15) is 0 Å². The lowest BCUT2D eigenvalue weighted by Crippen LogP contribution is -1.92. The summed E-state index contributed by atoms with van der Waals surface area (Å²) in [5.41, 5.74) is 4.35. The van der Waals surface area contributed by atoms with Crippen molar-refractivity contribution < 1.29 is 9.90 Å². The normalized spacial score (nSPS) is 11.0. The van der Waals surface area contributed by atoms with E-state index in [4.69, 9.17) is 0 Å². The Balaban J connectivity index is 2.25. The average Bonchev–Trinajstić information content (AvgIpc) is 2.87. The zero-order chi connectivity index (χ0) is 15.7. The largest absolute Gasteiger partial charge is 0.507 e. The molecule has 1 heterocycles. The lowest BCUT2D eigenvalue weighted by molar-refractivity contribution is 0.112. The number of aryl methyl sites for hydroxylation is 1. The number of aromatic hydroxyl groups is 1. The van der Waals surface area contributed by atoms with Gasteiger partial charge in [-0.25, -0.2) is 0 Å². The predicted octanol–water partition coefficient (Wildman–Crippen LogP) is 4.74. The number of aromatic amines is 1. The van der Waals surface area contributed by atoms with Gasteiger partial charge in [-0.15, -0.1) is 0 Å². The molecule has 112 valence electrons. The second-order valence-corrected chi connectivity index (χ2v) is 5.82. The summed E-state index contributed by atoms with van der Waals surface area (Å²) in [5.74, 6) is 0.0937. The Labute approximate surface area is 129 Å². The van der Waals surface area contributed by atoms with Gasteiger partial charge in [0.1, 0.15) is 5.75 Å². The maximum atomic E-state index is 11.3. The number of hydrogen-bond donors (Lipinski definition) is 2. The maximum Gasteiger partial charge on any atom is 0.153 e. The molecule has 1 aromatic heterocycles. The maximum absolute atomic E-state index is 11.3. The number of phenols is 1. The summed E-state index contributed by atoms with van der Waals surface area (Å²) < 4.78 is 0. The minimum atomic E-state index is 0.0937. The van der Waals surface area contributed by atoms with E-state index in [0.717, 1.165) is 40.1 Å². The van der Waals surface area contributed by atoms with Crippen molar-refractivity contribution in [2.45, 2.75) is 26.7 Å². The molecule has 2 N–H and O–H groups in total. The van der Waals surface area contributed by atoms with Gasteiger partial charge in [0.05, 0.1) is 11.1 Å². The Morgan fingerprint density at radius 2 is 2.00 bits per heavy atom. The van der Waals surface area contributed by atoms with Crippen molar-refractivity contribution in [3.8, 4) is 5.75 Å². The number of carbonyl (C=O) groups excluding carboxylic acids is 1. The van der Waals surface area contributed by atoms with Crippen LogP contribution in [0, 0.1) is 0 Å². The minimum Gasteiger partial charge on any atom is -0.507 e. The van der Waals surface area contributed by atoms with Gasteiger partial charge >= 0.3 is 0 Å². The van der Waals surface area contributed by atoms with E-state index in [2.05, 4.69) is 24.9 Å². The molecular weight excluding hydrogens is 274 g/mol. The molecule has 3 aromatic rings. The lowest BCUT2D eigenvalue weighted by Gasteiger charge is -2.08. The SMILES string of the molecule is CC(C)=CCCc1c(O)c(C=O)cc2c1[nH]c1ccccc12. The molecule has 22 heavy (non-hydrogen) atoms. The fourth-order valence-electron chi connectivity index (χ4n) is 2.91. The first kappa shape index (κ1) is 14.4. The van der Waals surface area contributed by atoms with Crippen molar-refractivity contribution in [3.63, 3.8) is 0 Å². The number of aromatic nitrogens is 1. The number of nitrogens with one attached hydrogen (secondary N) is 1. The Morgan fingerprint density at radius 1 is 1.23 bits per heavy atom. The summed E-state index contributed by atoms with van der Waals surface area (Å²) in [6, 6.07) is 9.75. The number of carbonyl (C=O) groups is 1. The van der Waals surface area contributed by atoms with E-state index in [1.165, 1.54) is 5.57 Å². The molecule has 0 unspecified atom stereocenters. The third-order valence-electron chi connectivity index (χ3n) is 3.98. The number of fused-ring (bicyclic) bond motifs is 3. The van der Waals surface area contributed by atoms with Crippen LogP contribution in [0.2, 0.25) is 0 Å². The number of benzene rings is 2. The number of allylic oxidation sites excluding steroid dienone is 2. The summed E-state index contributed by atoms with van der Waals surface area (Å²) in [7, 11) is 0. The monoisotopic (exact) mass is 293 g/mol. The van der Waals surface area contributed by atoms with Crippen molar-refractivity contribution in [2.24, 2.45) is 0 Å². The Bertz CT molecular complexity index is 883. The number of aldehydes is 1. The van der Waals surface area contributed by atoms with Crippen LogP contribution in [0.25, 0.3) is 21.8 Å². The highest BCUT2D eigenvalue weighted by Gasteiger charge is 2.15. The highest BCUT2D eigenvalue weighted by Crippen LogP contribution is 2.35. The molecule has 0 fully saturated rings. The van der Waals surface area contributed by atoms with Crippen LogP contribution < -0.4 is 0 Å². The van der Waals surface area contributed by atoms with Crippen LogP contribution in [0.4, 0.5) is 0 Å². The smallest absolute Gasteiger partial charge is 0.153 e. The molecule has 0 saturated heterocycles. The fourth-order valence-corrected chi connectivity index (χ4v) is 2.91. The number of rotatable bonds is 4. The van der Waals surface area contributed by atoms with E-state index >= 15 is 0 Å². The van der Waals surface area contributed by atoms with E-state index in [9.17, 15) is 9.90 Å². The summed E-state index contributed by atoms with van der Waals surface area (Å²) in [4.78, 5) is 14.7. The minimum absolute atomic E-state index is 0.0937. The molecule has 0 spiro atoms. The molecule has 3 heteroatoms. The topological polar surface area (TPSA) is 53.1 Å². The van der Waals surface area contributed by atoms with Crippen molar-refractivity contribution in [2.75, 3.05) is 0 Å². The van der Waals surface area contributed by atoms with Crippen LogP contribution in [0.15, 0.2) is 42.0 Å². The summed E-state index contributed by atoms with van der Waals surface area (Å²) >= 11 is 0. The number of hydrogen-bond acceptors (Lipinski definition) is 2. The van der Waals surface area contributed by atoms with E-state index in [0.29, 0.717) is 12.0 Å². The highest BCUT2D eigenvalue weighted by molar-refractivity contribution is 6.10. The summed E-state index contributed by atoms with van der Waals surface area (Å²) in [6.45, 7) is 4.11. The van der Waals surface area contributed by atoms with Gasteiger partial charge in [-0.1, -0.05) is 29.8 Å². The van der Waals surface area contributed by atoms with Crippen LogP contribution in [0.1, 0.15) is 36.2 Å². The van der Waals surface area contributed by atoms with Crippen LogP contribution in [-0.4, -0.2) is 16.4 Å². The third kappa shape index (κ3) is 2.39. The first-order valence-electron chi connectivity index (χ1n) is 7.45. The molecule has 0 saturated carbocycles. The predicted molar refractivity (Wildman–Crippen MR) is 90.6 cm³/mol. The number of H-pyrrole nitrogens is 1. The molecule has 2 aromatic carbocycles. The average molecular weight is 293 g/mol. The first-order chi connectivity index (χ1) is 10.6. The van der Waals surface area contributed by atoms with E-state index in [1.54, 1.807) is 6.07 Å². The number of phenolic OH excluding ortho intramolecular Hbond substituents is 1. The Hall–Kier alpha value is -2.55. The molecule has 0 aliphatic heterocycles. The van der Waals surface area contributed by atoms with Gasteiger partial charge in [-0.3, -0.25) is 4.79 Å². The van der Waals surface area contributed by atoms with Gasteiger partial charge in [-0.05, 0) is 38.8 Å². The summed E-state index contributed by atoms with van der Waals surface area (Å²) in [5, 5.41) is 12.5. The van der Waals surface area contributed by atoms with Gasteiger partial charge in [0.25, 0.3) is 0 Å². The molecule has 0 aliphatic rings. The van der Waals surface area contributed by atoms with Crippen LogP contribution in [-0.2, 0) is 6.42 Å². The second kappa shape index (κ2) is 5.68. The second-order valence-electron chi connectivity index (χ2n) is 5.82. The highest BCUT2D eigenvalue weighted by atomic mass is 16.3. The molecular formula is C19H19NO2. The molecule has 0 radical (unpaired) electrons. The zero-order valence-electron chi connectivity index (χ0n) is 12.8. The van der Waals surface area contributed by atoms with Gasteiger partial charge in [0.15, 0.2) is 6.29 Å². The van der Waals surface area contributed by atoms with Crippen LogP contribution in [0.5, 0.6) is 5.75 Å². The van der Waals surface area contributed by atoms with E-state index in [1.807, 2.05) is 24.3 Å². The van der Waals surface area contributed by atoms with Crippen molar-refractivity contribution in [1.82, 2.24) is 4.98 Å². The number of para-hydroxylation sites is 1. The third-order valence-corrected chi connectivity index (χ3v) is 3.98. The summed E-state index contributed by atoms with van der Waals surface area (Å²) in [6.07, 6.45) is 4.40. The molecule has 0 atom stereocenters. The fraction of sp³-hybridized carbons (Fsp3) is 0.211. The van der Waals surface area contributed by atoms with Crippen molar-refractivity contribution in [3.05, 3.63) is 53.1 Å². The molecule has 0 bridgehead atoms. The standard InChI is InChI=1S/C19H19NO2/c1-12(2)6-5-8-15-18-16(10-13(11-21)19(15)22)14-7-3-4-9-17(14)20-18/h3-4,6-7,9-11,20,22H,5,8H2,1-2H3. The van der Waals surface area contributed by atoms with Crippen molar-refractivity contribution >= 4 is 28.1 Å². The van der Waals surface area contributed by atoms with Gasteiger partial charge < -0.3 is 10.1 Å². The lowest BCUT2D eigenvalue weighted by atomic mass is 9.99. The van der Waals surface area contributed by atoms with E-state index < -0.39 is 0 Å². The zero-order valence-corrected chi connectivity index (χ0v) is 12.8. The molecule has 3 rings (SSSR count).